The van der Waals surface area contributed by atoms with Crippen molar-refractivity contribution in [2.75, 3.05) is 11.9 Å². The minimum Gasteiger partial charge on any atom is -0.465 e. The van der Waals surface area contributed by atoms with Crippen LogP contribution in [0.2, 0.25) is 0 Å². The number of benzene rings is 1. The van der Waals surface area contributed by atoms with E-state index in [2.05, 4.69) is 20.9 Å². The third-order valence-corrected chi connectivity index (χ3v) is 2.92. The summed E-state index contributed by atoms with van der Waals surface area (Å²) in [7, 11) is 1.46. The Labute approximate surface area is 101 Å². The maximum Gasteiger partial charge on any atom is 0.412 e. The highest BCUT2D eigenvalue weighted by molar-refractivity contribution is 9.10. The van der Waals surface area contributed by atoms with Gasteiger partial charge >= 0.3 is 6.09 Å². The lowest BCUT2D eigenvalue weighted by Gasteiger charge is -2.13. The molecular formula is C11H9BrN2O2. The summed E-state index contributed by atoms with van der Waals surface area (Å²) in [6.07, 6.45) is -1.03. The highest BCUT2D eigenvalue weighted by Crippen LogP contribution is 2.26. The molecule has 0 radical (unpaired) electrons. The number of pyridine rings is 1. The number of fused-ring (bicyclic) bond motifs is 1. The average Bonchev–Trinajstić information content (AvgIpc) is 2.28. The summed E-state index contributed by atoms with van der Waals surface area (Å²) in [5, 5.41) is 10.8. The van der Waals surface area contributed by atoms with Crippen molar-refractivity contribution in [2.24, 2.45) is 0 Å². The van der Waals surface area contributed by atoms with Gasteiger partial charge in [-0.2, -0.15) is 0 Å². The Morgan fingerprint density at radius 2 is 2.12 bits per heavy atom. The van der Waals surface area contributed by atoms with Crippen molar-refractivity contribution in [3.05, 3.63) is 34.9 Å². The summed E-state index contributed by atoms with van der Waals surface area (Å²) in [6.45, 7) is 0. The summed E-state index contributed by atoms with van der Waals surface area (Å²) >= 11 is 3.33. The first-order chi connectivity index (χ1) is 7.59. The van der Waals surface area contributed by atoms with E-state index < -0.39 is 6.09 Å². The van der Waals surface area contributed by atoms with Crippen molar-refractivity contribution in [1.29, 1.82) is 0 Å². The van der Waals surface area contributed by atoms with Crippen LogP contribution in [0.4, 0.5) is 10.6 Å². The number of anilines is 1. The first-order valence-electron chi connectivity index (χ1n) is 4.61. The van der Waals surface area contributed by atoms with Gasteiger partial charge in [0.05, 0.1) is 0 Å². The van der Waals surface area contributed by atoms with Crippen LogP contribution in [0.3, 0.4) is 0 Å². The molecule has 0 aliphatic carbocycles. The molecule has 0 saturated heterocycles. The molecule has 1 aromatic heterocycles. The van der Waals surface area contributed by atoms with Crippen LogP contribution < -0.4 is 4.90 Å². The smallest absolute Gasteiger partial charge is 0.412 e. The van der Waals surface area contributed by atoms with E-state index in [0.717, 1.165) is 15.7 Å². The van der Waals surface area contributed by atoms with Crippen molar-refractivity contribution >= 4 is 38.6 Å². The third-order valence-electron chi connectivity index (χ3n) is 2.31. The highest BCUT2D eigenvalue weighted by Gasteiger charge is 2.12. The zero-order chi connectivity index (χ0) is 11.7. The summed E-state index contributed by atoms with van der Waals surface area (Å²) in [5.74, 6) is 0.401. The molecule has 2 rings (SSSR count). The molecule has 16 heavy (non-hydrogen) atoms. The van der Waals surface area contributed by atoms with Crippen LogP contribution in [0.1, 0.15) is 0 Å². The van der Waals surface area contributed by atoms with Crippen molar-refractivity contribution in [1.82, 2.24) is 4.98 Å². The van der Waals surface area contributed by atoms with E-state index in [0.29, 0.717) is 10.4 Å². The summed E-state index contributed by atoms with van der Waals surface area (Å²) < 4.78 is 0.647. The normalized spacial score (nSPS) is 10.4. The zero-order valence-corrected chi connectivity index (χ0v) is 10.1. The fourth-order valence-electron chi connectivity index (χ4n) is 1.41. The predicted octanol–water partition coefficient (Wildman–Crippen LogP) is 3.11. The quantitative estimate of drug-likeness (QED) is 0.817. The van der Waals surface area contributed by atoms with Gasteiger partial charge in [0.2, 0.25) is 0 Å². The van der Waals surface area contributed by atoms with Gasteiger partial charge in [-0.25, -0.2) is 9.78 Å². The van der Waals surface area contributed by atoms with Gasteiger partial charge in [0, 0.05) is 12.4 Å². The maximum atomic E-state index is 10.8. The number of rotatable bonds is 1. The van der Waals surface area contributed by atoms with Crippen LogP contribution in [0, 0.1) is 0 Å². The monoisotopic (exact) mass is 280 g/mol. The molecule has 2 aromatic rings. The molecule has 1 aromatic carbocycles. The number of amides is 1. The first-order valence-corrected chi connectivity index (χ1v) is 5.41. The Bertz CT molecular complexity index is 557. The summed E-state index contributed by atoms with van der Waals surface area (Å²) in [4.78, 5) is 16.1. The lowest BCUT2D eigenvalue weighted by atomic mass is 10.2. The van der Waals surface area contributed by atoms with Crippen LogP contribution in [0.15, 0.2) is 34.9 Å². The molecule has 4 nitrogen and oxygen atoms in total. The van der Waals surface area contributed by atoms with Crippen molar-refractivity contribution in [2.45, 2.75) is 0 Å². The van der Waals surface area contributed by atoms with Gasteiger partial charge in [0.15, 0.2) is 0 Å². The SMILES string of the molecule is CN(C(=O)O)c1cc2ccccc2c(Br)n1. The van der Waals surface area contributed by atoms with E-state index in [-0.39, 0.29) is 0 Å². The van der Waals surface area contributed by atoms with Crippen molar-refractivity contribution in [3.8, 4) is 0 Å². The van der Waals surface area contributed by atoms with E-state index in [1.165, 1.54) is 7.05 Å². The number of nitrogens with zero attached hydrogens (tertiary/aromatic N) is 2. The van der Waals surface area contributed by atoms with Gasteiger partial charge in [-0.05, 0) is 27.4 Å². The average molecular weight is 281 g/mol. The molecule has 0 spiro atoms. The van der Waals surface area contributed by atoms with E-state index in [9.17, 15) is 4.79 Å². The summed E-state index contributed by atoms with van der Waals surface area (Å²) in [6, 6.07) is 9.40. The van der Waals surface area contributed by atoms with Gasteiger partial charge in [0.25, 0.3) is 0 Å². The predicted molar refractivity (Wildman–Crippen MR) is 65.9 cm³/mol. The molecule has 82 valence electrons. The van der Waals surface area contributed by atoms with Gasteiger partial charge in [-0.3, -0.25) is 4.90 Å². The second-order valence-corrected chi connectivity index (χ2v) is 4.09. The largest absolute Gasteiger partial charge is 0.465 e. The second kappa shape index (κ2) is 4.09. The minimum atomic E-state index is -1.03. The molecule has 0 saturated carbocycles. The number of carbonyl (C=O) groups is 1. The fourth-order valence-corrected chi connectivity index (χ4v) is 1.96. The van der Waals surface area contributed by atoms with Crippen molar-refractivity contribution in [3.63, 3.8) is 0 Å². The van der Waals surface area contributed by atoms with Crippen molar-refractivity contribution < 1.29 is 9.90 Å². The van der Waals surface area contributed by atoms with Gasteiger partial charge in [0.1, 0.15) is 10.4 Å². The summed E-state index contributed by atoms with van der Waals surface area (Å²) in [5.41, 5.74) is 0. The van der Waals surface area contributed by atoms with E-state index in [1.54, 1.807) is 6.07 Å². The van der Waals surface area contributed by atoms with Gasteiger partial charge < -0.3 is 5.11 Å². The van der Waals surface area contributed by atoms with E-state index in [1.807, 2.05) is 24.3 Å². The van der Waals surface area contributed by atoms with E-state index in [4.69, 9.17) is 5.11 Å². The zero-order valence-electron chi connectivity index (χ0n) is 8.51. The van der Waals surface area contributed by atoms with Gasteiger partial charge in [-0.1, -0.05) is 24.3 Å². The first kappa shape index (κ1) is 10.9. The molecule has 0 unspecified atom stereocenters. The molecule has 0 bridgehead atoms. The number of hydrogen-bond donors (Lipinski definition) is 1. The molecule has 1 amide bonds. The molecule has 1 heterocycles. The lowest BCUT2D eigenvalue weighted by molar-refractivity contribution is 0.203. The third kappa shape index (κ3) is 1.86. The Balaban J connectivity index is 2.62. The Kier molecular flexibility index (Phi) is 2.78. The van der Waals surface area contributed by atoms with Crippen LogP contribution in [-0.4, -0.2) is 23.2 Å². The Morgan fingerprint density at radius 1 is 1.44 bits per heavy atom. The Hall–Kier alpha value is -1.62. The lowest BCUT2D eigenvalue weighted by Crippen LogP contribution is -2.24. The van der Waals surface area contributed by atoms with Gasteiger partial charge in [-0.15, -0.1) is 0 Å². The number of hydrogen-bond acceptors (Lipinski definition) is 2. The molecule has 5 heteroatoms. The number of halogens is 1. The second-order valence-electron chi connectivity index (χ2n) is 3.33. The molecule has 0 aliphatic heterocycles. The van der Waals surface area contributed by atoms with Crippen LogP contribution >= 0.6 is 15.9 Å². The minimum absolute atomic E-state index is 0.401. The highest BCUT2D eigenvalue weighted by atomic mass is 79.9. The molecular weight excluding hydrogens is 272 g/mol. The van der Waals surface area contributed by atoms with Crippen LogP contribution in [0.5, 0.6) is 0 Å². The molecule has 0 atom stereocenters. The number of carboxylic acid groups (broad SMARTS) is 1. The maximum absolute atomic E-state index is 10.8. The number of aromatic nitrogens is 1. The Morgan fingerprint density at radius 3 is 2.81 bits per heavy atom. The van der Waals surface area contributed by atoms with Crippen LogP contribution in [-0.2, 0) is 0 Å². The fraction of sp³-hybridized carbons (Fsp3) is 0.0909. The molecule has 1 N–H and O–H groups in total. The topological polar surface area (TPSA) is 53.4 Å². The van der Waals surface area contributed by atoms with Crippen LogP contribution in [0.25, 0.3) is 10.8 Å². The molecule has 0 aliphatic rings. The molecule has 0 fully saturated rings. The van der Waals surface area contributed by atoms with E-state index >= 15 is 0 Å². The standard InChI is InChI=1S/C11H9BrN2O2/c1-14(11(15)16)9-6-7-4-2-3-5-8(7)10(12)13-9/h2-6H,1H3,(H,15,16).